The van der Waals surface area contributed by atoms with Gasteiger partial charge in [0.2, 0.25) is 0 Å². The average molecular weight is 435 g/mol. The first-order valence-electron chi connectivity index (χ1n) is 11.0. The van der Waals surface area contributed by atoms with Crippen LogP contribution >= 0.6 is 11.3 Å². The molecule has 4 aromatic rings. The summed E-state index contributed by atoms with van der Waals surface area (Å²) in [5.41, 5.74) is 3.19. The molecule has 7 nitrogen and oxygen atoms in total. The number of hydrogen-bond donors (Lipinski definition) is 3. The van der Waals surface area contributed by atoms with Gasteiger partial charge in [0.15, 0.2) is 0 Å². The molecular weight excluding hydrogens is 408 g/mol. The molecule has 31 heavy (non-hydrogen) atoms. The van der Waals surface area contributed by atoms with E-state index in [2.05, 4.69) is 55.3 Å². The van der Waals surface area contributed by atoms with Crippen LogP contribution in [0.4, 0.5) is 5.82 Å². The standard InChI is InChI=1S/C23H26N6OS/c1-2-16-8-17-20(25-13-26-21(17)31-16)29-11-23(12-29)6-5-15(9-23)24-10-14-3-4-18-19(7-14)28-22(30)27-18/h3-4,7-8,13,15,24H,2,5-6,9-12H2,1H3,(H2,27,28,30). The quantitative estimate of drug-likeness (QED) is 0.447. The van der Waals surface area contributed by atoms with Crippen molar-refractivity contribution in [3.05, 3.63) is 51.5 Å². The number of aryl methyl sites for hydroxylation is 1. The number of aromatic amines is 2. The normalized spacial score (nSPS) is 20.2. The molecule has 160 valence electrons. The molecule has 2 aliphatic rings. The van der Waals surface area contributed by atoms with Crippen LogP contribution in [0.15, 0.2) is 35.4 Å². The molecule has 1 unspecified atom stereocenters. The molecule has 0 bridgehead atoms. The zero-order chi connectivity index (χ0) is 21.0. The molecule has 4 heterocycles. The van der Waals surface area contributed by atoms with E-state index >= 15 is 0 Å². The fourth-order valence-corrected chi connectivity index (χ4v) is 6.28. The molecule has 3 aromatic heterocycles. The molecule has 3 N–H and O–H groups in total. The Kier molecular flexibility index (Phi) is 4.40. The van der Waals surface area contributed by atoms with Crippen LogP contribution in [-0.4, -0.2) is 39.1 Å². The Bertz CT molecular complexity index is 1310. The van der Waals surface area contributed by atoms with E-state index in [0.717, 1.165) is 47.7 Å². The minimum absolute atomic E-state index is 0.151. The van der Waals surface area contributed by atoms with Crippen molar-refractivity contribution in [1.29, 1.82) is 0 Å². The number of thiophene rings is 1. The van der Waals surface area contributed by atoms with Gasteiger partial charge in [0.05, 0.1) is 16.4 Å². The minimum atomic E-state index is -0.151. The second-order valence-electron chi connectivity index (χ2n) is 9.12. The van der Waals surface area contributed by atoms with Crippen LogP contribution in [0, 0.1) is 5.41 Å². The van der Waals surface area contributed by atoms with E-state index in [0.29, 0.717) is 11.5 Å². The Morgan fingerprint density at radius 2 is 2.10 bits per heavy atom. The largest absolute Gasteiger partial charge is 0.355 e. The molecule has 0 amide bonds. The SMILES string of the molecule is CCc1cc2c(N3CC4(CCC(NCc5ccc6[nH]c(=O)[nH]c6c5)C4)C3)ncnc2s1. The van der Waals surface area contributed by atoms with Crippen LogP contribution in [-0.2, 0) is 13.0 Å². The number of fused-ring (bicyclic) bond motifs is 2. The van der Waals surface area contributed by atoms with Crippen LogP contribution in [0.1, 0.15) is 36.6 Å². The van der Waals surface area contributed by atoms with E-state index in [1.165, 1.54) is 35.1 Å². The van der Waals surface area contributed by atoms with Crippen LogP contribution in [0.3, 0.4) is 0 Å². The van der Waals surface area contributed by atoms with Crippen molar-refractivity contribution in [1.82, 2.24) is 25.3 Å². The van der Waals surface area contributed by atoms with Gasteiger partial charge in [-0.15, -0.1) is 11.3 Å². The van der Waals surface area contributed by atoms with Gasteiger partial charge in [0.25, 0.3) is 0 Å². The van der Waals surface area contributed by atoms with E-state index in [4.69, 9.17) is 0 Å². The third-order valence-electron chi connectivity index (χ3n) is 6.94. The predicted octanol–water partition coefficient (Wildman–Crippen LogP) is 3.57. The lowest BCUT2D eigenvalue weighted by Gasteiger charge is -2.49. The number of imidazole rings is 1. The van der Waals surface area contributed by atoms with E-state index in [9.17, 15) is 4.79 Å². The number of aromatic nitrogens is 4. The van der Waals surface area contributed by atoms with Crippen molar-refractivity contribution in [2.24, 2.45) is 5.41 Å². The van der Waals surface area contributed by atoms with Crippen molar-refractivity contribution >= 4 is 38.4 Å². The summed E-state index contributed by atoms with van der Waals surface area (Å²) in [6.45, 7) is 5.20. The summed E-state index contributed by atoms with van der Waals surface area (Å²) in [6, 6.07) is 8.93. The van der Waals surface area contributed by atoms with E-state index < -0.39 is 0 Å². The lowest BCUT2D eigenvalue weighted by molar-refractivity contribution is 0.214. The number of rotatable bonds is 5. The molecule has 2 fully saturated rings. The fraction of sp³-hybridized carbons (Fsp3) is 0.435. The van der Waals surface area contributed by atoms with Gasteiger partial charge in [-0.2, -0.15) is 0 Å². The van der Waals surface area contributed by atoms with Crippen molar-refractivity contribution in [2.75, 3.05) is 18.0 Å². The highest BCUT2D eigenvalue weighted by Gasteiger charge is 2.48. The van der Waals surface area contributed by atoms with E-state index in [-0.39, 0.29) is 5.69 Å². The molecule has 1 saturated heterocycles. The summed E-state index contributed by atoms with van der Waals surface area (Å²) >= 11 is 1.78. The number of hydrogen-bond acceptors (Lipinski definition) is 6. The molecule has 1 aliphatic heterocycles. The van der Waals surface area contributed by atoms with Crippen molar-refractivity contribution in [3.63, 3.8) is 0 Å². The molecule has 6 rings (SSSR count). The van der Waals surface area contributed by atoms with Crippen LogP contribution in [0.25, 0.3) is 21.3 Å². The van der Waals surface area contributed by atoms with Gasteiger partial charge >= 0.3 is 5.69 Å². The first-order chi connectivity index (χ1) is 15.1. The summed E-state index contributed by atoms with van der Waals surface area (Å²) in [4.78, 5) is 31.1. The monoisotopic (exact) mass is 434 g/mol. The molecule has 1 spiro atoms. The Balaban J connectivity index is 1.09. The third kappa shape index (κ3) is 3.34. The fourth-order valence-electron chi connectivity index (χ4n) is 5.35. The van der Waals surface area contributed by atoms with Crippen LogP contribution in [0.2, 0.25) is 0 Å². The maximum atomic E-state index is 11.5. The lowest BCUT2D eigenvalue weighted by Crippen LogP contribution is -2.56. The number of benzene rings is 1. The molecule has 1 atom stereocenters. The summed E-state index contributed by atoms with van der Waals surface area (Å²) in [6.07, 6.45) is 6.46. The summed E-state index contributed by atoms with van der Waals surface area (Å²) < 4.78 is 0. The second kappa shape index (κ2) is 7.17. The predicted molar refractivity (Wildman–Crippen MR) is 125 cm³/mol. The summed E-state index contributed by atoms with van der Waals surface area (Å²) in [5.74, 6) is 1.11. The van der Waals surface area contributed by atoms with Crippen LogP contribution in [0.5, 0.6) is 0 Å². The third-order valence-corrected chi connectivity index (χ3v) is 8.13. The number of nitrogens with one attached hydrogen (secondary N) is 3. The number of H-pyrrole nitrogens is 2. The van der Waals surface area contributed by atoms with E-state index in [1.807, 2.05) is 6.07 Å². The highest BCUT2D eigenvalue weighted by atomic mass is 32.1. The van der Waals surface area contributed by atoms with Crippen molar-refractivity contribution in [2.45, 2.75) is 45.2 Å². The average Bonchev–Trinajstić information content (AvgIpc) is 3.45. The molecule has 0 radical (unpaired) electrons. The molecule has 1 aliphatic carbocycles. The number of nitrogens with zero attached hydrogens (tertiary/aromatic N) is 3. The zero-order valence-electron chi connectivity index (χ0n) is 17.6. The second-order valence-corrected chi connectivity index (χ2v) is 10.2. The highest BCUT2D eigenvalue weighted by Crippen LogP contribution is 2.48. The molecule has 8 heteroatoms. The first-order valence-corrected chi connectivity index (χ1v) is 11.9. The van der Waals surface area contributed by atoms with Gasteiger partial charge in [0, 0.05) is 36.0 Å². The van der Waals surface area contributed by atoms with Crippen molar-refractivity contribution in [3.8, 4) is 0 Å². The Morgan fingerprint density at radius 1 is 1.23 bits per heavy atom. The number of anilines is 1. The van der Waals surface area contributed by atoms with Gasteiger partial charge < -0.3 is 20.2 Å². The van der Waals surface area contributed by atoms with Crippen molar-refractivity contribution < 1.29 is 0 Å². The summed E-state index contributed by atoms with van der Waals surface area (Å²) in [5, 5.41) is 4.96. The zero-order valence-corrected chi connectivity index (χ0v) is 18.4. The Hall–Kier alpha value is -2.71. The van der Waals surface area contributed by atoms with Crippen LogP contribution < -0.4 is 15.9 Å². The molecule has 1 aromatic carbocycles. The topological polar surface area (TPSA) is 89.7 Å². The summed E-state index contributed by atoms with van der Waals surface area (Å²) in [7, 11) is 0. The smallest absolute Gasteiger partial charge is 0.323 e. The maximum Gasteiger partial charge on any atom is 0.323 e. The van der Waals surface area contributed by atoms with E-state index in [1.54, 1.807) is 17.7 Å². The van der Waals surface area contributed by atoms with Gasteiger partial charge in [-0.05, 0) is 49.4 Å². The highest BCUT2D eigenvalue weighted by molar-refractivity contribution is 7.18. The molecule has 1 saturated carbocycles. The van der Waals surface area contributed by atoms with Gasteiger partial charge in [-0.3, -0.25) is 0 Å². The van der Waals surface area contributed by atoms with Gasteiger partial charge in [-0.1, -0.05) is 13.0 Å². The molecular formula is C23H26N6OS. The maximum absolute atomic E-state index is 11.5. The Labute approximate surface area is 183 Å². The van der Waals surface area contributed by atoms with Gasteiger partial charge in [-0.25, -0.2) is 14.8 Å². The minimum Gasteiger partial charge on any atom is -0.355 e. The Morgan fingerprint density at radius 3 is 2.97 bits per heavy atom. The lowest BCUT2D eigenvalue weighted by atomic mass is 9.78. The van der Waals surface area contributed by atoms with Gasteiger partial charge in [0.1, 0.15) is 17.0 Å². The first kappa shape index (κ1) is 19.0.